The van der Waals surface area contributed by atoms with Crippen LogP contribution in [0.5, 0.6) is 0 Å². The largest absolute Gasteiger partial charge is 0.361 e. The lowest BCUT2D eigenvalue weighted by atomic mass is 9.94. The summed E-state index contributed by atoms with van der Waals surface area (Å²) in [4.78, 5) is 16.1. The number of hydrogen-bond acceptors (Lipinski definition) is 1. The van der Waals surface area contributed by atoms with E-state index in [1.54, 1.807) is 0 Å². The molecule has 1 fully saturated rings. The number of aryl methyl sites for hydroxylation is 1. The number of benzene rings is 2. The SMILES string of the molecule is Cc1ccccc1CNC(=O)C1(c2c[nH]c3ccccc23)CC1. The Kier molecular flexibility index (Phi) is 3.22. The van der Waals surface area contributed by atoms with Crippen LogP contribution in [-0.4, -0.2) is 10.9 Å². The molecule has 1 heterocycles. The van der Waals surface area contributed by atoms with Gasteiger partial charge in [-0.25, -0.2) is 0 Å². The molecule has 2 N–H and O–H groups in total. The second-order valence-corrected chi connectivity index (χ2v) is 6.44. The number of aromatic nitrogens is 1. The molecule has 0 aliphatic heterocycles. The maximum absolute atomic E-state index is 12.8. The van der Waals surface area contributed by atoms with Crippen LogP contribution in [0.4, 0.5) is 0 Å². The molecule has 1 saturated carbocycles. The predicted octanol–water partition coefficient (Wildman–Crippen LogP) is 3.82. The molecule has 0 radical (unpaired) electrons. The lowest BCUT2D eigenvalue weighted by molar-refractivity contribution is -0.123. The maximum atomic E-state index is 12.8. The van der Waals surface area contributed by atoms with Crippen molar-refractivity contribution in [1.82, 2.24) is 10.3 Å². The quantitative estimate of drug-likeness (QED) is 0.756. The first-order chi connectivity index (χ1) is 11.2. The Bertz CT molecular complexity index is 874. The molecule has 0 spiro atoms. The van der Waals surface area contributed by atoms with Gasteiger partial charge >= 0.3 is 0 Å². The highest BCUT2D eigenvalue weighted by atomic mass is 16.2. The van der Waals surface area contributed by atoms with E-state index in [0.717, 1.165) is 29.3 Å². The van der Waals surface area contributed by atoms with Gasteiger partial charge in [0.2, 0.25) is 5.91 Å². The van der Waals surface area contributed by atoms with Crippen molar-refractivity contribution in [1.29, 1.82) is 0 Å². The van der Waals surface area contributed by atoms with Gasteiger partial charge in [-0.05, 0) is 42.5 Å². The maximum Gasteiger partial charge on any atom is 0.231 e. The third-order valence-corrected chi connectivity index (χ3v) is 4.99. The van der Waals surface area contributed by atoms with Crippen molar-refractivity contribution in [2.24, 2.45) is 0 Å². The monoisotopic (exact) mass is 304 g/mol. The molecule has 23 heavy (non-hydrogen) atoms. The number of fused-ring (bicyclic) bond motifs is 1. The molecule has 1 aromatic heterocycles. The number of amides is 1. The summed E-state index contributed by atoms with van der Waals surface area (Å²) in [7, 11) is 0. The van der Waals surface area contributed by atoms with Crippen molar-refractivity contribution >= 4 is 16.8 Å². The molecule has 4 rings (SSSR count). The van der Waals surface area contributed by atoms with Crippen molar-refractivity contribution in [2.75, 3.05) is 0 Å². The molecule has 1 amide bonds. The minimum atomic E-state index is -0.345. The molecule has 0 unspecified atom stereocenters. The fourth-order valence-electron chi connectivity index (χ4n) is 3.36. The first kappa shape index (κ1) is 14.1. The van der Waals surface area contributed by atoms with Gasteiger partial charge < -0.3 is 10.3 Å². The summed E-state index contributed by atoms with van der Waals surface area (Å²) < 4.78 is 0. The van der Waals surface area contributed by atoms with Crippen molar-refractivity contribution < 1.29 is 4.79 Å². The van der Waals surface area contributed by atoms with Gasteiger partial charge in [0.25, 0.3) is 0 Å². The number of para-hydroxylation sites is 1. The summed E-state index contributed by atoms with van der Waals surface area (Å²) in [6.45, 7) is 2.67. The number of aromatic amines is 1. The van der Waals surface area contributed by atoms with Crippen molar-refractivity contribution in [3.63, 3.8) is 0 Å². The second-order valence-electron chi connectivity index (χ2n) is 6.44. The van der Waals surface area contributed by atoms with E-state index in [9.17, 15) is 4.79 Å². The van der Waals surface area contributed by atoms with E-state index < -0.39 is 0 Å². The average Bonchev–Trinajstić information content (AvgIpc) is 3.27. The van der Waals surface area contributed by atoms with E-state index in [2.05, 4.69) is 41.5 Å². The van der Waals surface area contributed by atoms with Gasteiger partial charge in [-0.3, -0.25) is 4.79 Å². The molecule has 0 atom stereocenters. The summed E-state index contributed by atoms with van der Waals surface area (Å²) in [5.41, 5.74) is 4.28. The Hall–Kier alpha value is -2.55. The highest BCUT2D eigenvalue weighted by Gasteiger charge is 2.52. The Balaban J connectivity index is 1.57. The van der Waals surface area contributed by atoms with Crippen LogP contribution in [-0.2, 0) is 16.8 Å². The number of carbonyl (C=O) groups is 1. The van der Waals surface area contributed by atoms with Gasteiger partial charge in [-0.15, -0.1) is 0 Å². The lowest BCUT2D eigenvalue weighted by Crippen LogP contribution is -2.34. The second kappa shape index (κ2) is 5.27. The highest BCUT2D eigenvalue weighted by Crippen LogP contribution is 2.50. The van der Waals surface area contributed by atoms with Crippen LogP contribution in [0.15, 0.2) is 54.7 Å². The van der Waals surface area contributed by atoms with Crippen LogP contribution in [0.25, 0.3) is 10.9 Å². The van der Waals surface area contributed by atoms with Crippen molar-refractivity contribution in [2.45, 2.75) is 31.7 Å². The van der Waals surface area contributed by atoms with Crippen molar-refractivity contribution in [3.8, 4) is 0 Å². The predicted molar refractivity (Wildman–Crippen MR) is 92.2 cm³/mol. The molecule has 116 valence electrons. The average molecular weight is 304 g/mol. The molecule has 3 heteroatoms. The minimum absolute atomic E-state index is 0.144. The summed E-state index contributed by atoms with van der Waals surface area (Å²) in [5.74, 6) is 0.144. The fraction of sp³-hybridized carbons (Fsp3) is 0.250. The first-order valence-corrected chi connectivity index (χ1v) is 8.10. The zero-order valence-corrected chi connectivity index (χ0v) is 13.2. The van der Waals surface area contributed by atoms with Crippen LogP contribution in [0, 0.1) is 6.92 Å². The van der Waals surface area contributed by atoms with E-state index in [4.69, 9.17) is 0 Å². The third-order valence-electron chi connectivity index (χ3n) is 4.99. The number of rotatable bonds is 4. The molecule has 1 aliphatic rings. The van der Waals surface area contributed by atoms with E-state index in [0.29, 0.717) is 6.54 Å². The first-order valence-electron chi connectivity index (χ1n) is 8.10. The Morgan fingerprint density at radius 3 is 2.65 bits per heavy atom. The van der Waals surface area contributed by atoms with E-state index in [-0.39, 0.29) is 11.3 Å². The Morgan fingerprint density at radius 1 is 1.13 bits per heavy atom. The number of carbonyl (C=O) groups excluding carboxylic acids is 1. The Morgan fingerprint density at radius 2 is 1.87 bits per heavy atom. The zero-order chi connectivity index (χ0) is 15.9. The van der Waals surface area contributed by atoms with Crippen LogP contribution >= 0.6 is 0 Å². The molecular formula is C20H20N2O. The van der Waals surface area contributed by atoms with Crippen LogP contribution in [0.2, 0.25) is 0 Å². The molecule has 0 saturated heterocycles. The summed E-state index contributed by atoms with van der Waals surface area (Å²) in [5, 5.41) is 4.31. The lowest BCUT2D eigenvalue weighted by Gasteiger charge is -2.15. The zero-order valence-electron chi connectivity index (χ0n) is 13.2. The van der Waals surface area contributed by atoms with E-state index in [1.807, 2.05) is 30.5 Å². The van der Waals surface area contributed by atoms with Gasteiger partial charge in [-0.1, -0.05) is 42.5 Å². The molecule has 3 aromatic rings. The van der Waals surface area contributed by atoms with Crippen LogP contribution < -0.4 is 5.32 Å². The standard InChI is InChI=1S/C20H20N2O/c1-14-6-2-3-7-15(14)12-22-19(23)20(10-11-20)17-13-21-18-9-5-4-8-16(17)18/h2-9,13,21H,10-12H2,1H3,(H,22,23). The van der Waals surface area contributed by atoms with E-state index >= 15 is 0 Å². The van der Waals surface area contributed by atoms with Gasteiger partial charge in [0, 0.05) is 23.6 Å². The fourth-order valence-corrected chi connectivity index (χ4v) is 3.36. The minimum Gasteiger partial charge on any atom is -0.361 e. The van der Waals surface area contributed by atoms with Crippen molar-refractivity contribution in [3.05, 3.63) is 71.4 Å². The number of hydrogen-bond donors (Lipinski definition) is 2. The number of H-pyrrole nitrogens is 1. The van der Waals surface area contributed by atoms with Gasteiger partial charge in [0.05, 0.1) is 5.41 Å². The molecule has 2 aromatic carbocycles. The number of nitrogens with one attached hydrogen (secondary N) is 2. The molecule has 0 bridgehead atoms. The molecule has 1 aliphatic carbocycles. The third kappa shape index (κ3) is 2.33. The van der Waals surface area contributed by atoms with Gasteiger partial charge in [0.1, 0.15) is 0 Å². The molecular weight excluding hydrogens is 284 g/mol. The van der Waals surface area contributed by atoms with E-state index in [1.165, 1.54) is 11.1 Å². The summed E-state index contributed by atoms with van der Waals surface area (Å²) in [6.07, 6.45) is 3.86. The van der Waals surface area contributed by atoms with Gasteiger partial charge in [-0.2, -0.15) is 0 Å². The molecule has 3 nitrogen and oxygen atoms in total. The Labute approximate surface area is 135 Å². The summed E-state index contributed by atoms with van der Waals surface area (Å²) in [6, 6.07) is 16.4. The van der Waals surface area contributed by atoms with Crippen LogP contribution in [0.1, 0.15) is 29.5 Å². The summed E-state index contributed by atoms with van der Waals surface area (Å²) >= 11 is 0. The highest BCUT2D eigenvalue weighted by molar-refractivity contribution is 5.97. The normalized spacial score (nSPS) is 15.5. The van der Waals surface area contributed by atoms with Gasteiger partial charge in [0.15, 0.2) is 0 Å². The smallest absolute Gasteiger partial charge is 0.231 e. The topological polar surface area (TPSA) is 44.9 Å². The van der Waals surface area contributed by atoms with Crippen LogP contribution in [0.3, 0.4) is 0 Å².